The average Bonchev–Trinajstić information content (AvgIpc) is 3.50. The molecule has 41 heavy (non-hydrogen) atoms. The van der Waals surface area contributed by atoms with Crippen molar-refractivity contribution < 1.29 is 19.1 Å². The number of nitrogens with one attached hydrogen (secondary N) is 2. The van der Waals surface area contributed by atoms with E-state index in [-0.39, 0.29) is 5.91 Å². The van der Waals surface area contributed by atoms with Crippen LogP contribution >= 0.6 is 23.2 Å². The van der Waals surface area contributed by atoms with Crippen molar-refractivity contribution in [2.24, 2.45) is 0 Å². The molecule has 2 amide bonds. The third-order valence-corrected chi connectivity index (χ3v) is 7.16. The van der Waals surface area contributed by atoms with Crippen LogP contribution in [0.1, 0.15) is 50.5 Å². The Labute approximate surface area is 247 Å². The topological polar surface area (TPSA) is 109 Å². The Morgan fingerprint density at radius 2 is 1.80 bits per heavy atom. The smallest absolute Gasteiger partial charge is 0.410 e. The number of hydrogen-bond acceptors (Lipinski definition) is 6. The molecule has 0 radical (unpaired) electrons. The Kier molecular flexibility index (Phi) is 7.68. The van der Waals surface area contributed by atoms with Crippen LogP contribution in [0.15, 0.2) is 55.4 Å². The number of carbonyl (C=O) groups excluding carboxylic acids is 2. The van der Waals surface area contributed by atoms with Gasteiger partial charge in [-0.05, 0) is 75.2 Å². The average molecular weight is 594 g/mol. The van der Waals surface area contributed by atoms with Crippen molar-refractivity contribution in [3.63, 3.8) is 0 Å². The summed E-state index contributed by atoms with van der Waals surface area (Å²) in [5, 5.41) is 12.1. The molecule has 3 heterocycles. The number of anilines is 1. The first-order valence-electron chi connectivity index (χ1n) is 12.9. The lowest BCUT2D eigenvalue weighted by atomic mass is 9.99. The zero-order valence-corrected chi connectivity index (χ0v) is 24.6. The lowest BCUT2D eigenvalue weighted by Crippen LogP contribution is -2.33. The van der Waals surface area contributed by atoms with Crippen LogP contribution in [0, 0.1) is 0 Å². The van der Waals surface area contributed by atoms with Crippen LogP contribution in [0.25, 0.3) is 22.2 Å². The molecule has 1 atom stereocenters. The zero-order valence-electron chi connectivity index (χ0n) is 23.0. The molecule has 212 valence electrons. The van der Waals surface area contributed by atoms with Crippen LogP contribution in [0.3, 0.4) is 0 Å². The Morgan fingerprint density at radius 3 is 2.46 bits per heavy atom. The highest BCUT2D eigenvalue weighted by Crippen LogP contribution is 2.39. The Balaban J connectivity index is 1.52. The van der Waals surface area contributed by atoms with Gasteiger partial charge in [0.2, 0.25) is 5.91 Å². The highest BCUT2D eigenvalue weighted by molar-refractivity contribution is 6.35. The number of amides is 2. The SMILES string of the molecule is C=CC(=O)Nc1cc2c(cc1-c1n[nH]c3ccc(O[C@H](C)c4c(Cl)cncc4Cl)cc13)CN(C(=O)OC(C)(C)C)C2. The standard InChI is InChI=1S/C30H29Cl2N5O4/c1-6-26(38)34-25-10-18-15-37(29(39)41-30(3,4)5)14-17(18)9-20(25)28-21-11-19(7-8-24(21)35-36-28)40-16(2)27-22(31)12-33-13-23(27)32/h6-13,16H,1,14-15H2,2-5H3,(H,34,38)(H,35,36)/t16-/m1/s1. The molecule has 0 unspecified atom stereocenters. The number of rotatable bonds is 6. The first kappa shape index (κ1) is 28.4. The van der Waals surface area contributed by atoms with E-state index in [1.807, 2.05) is 58.0 Å². The number of carbonyl (C=O) groups is 2. The van der Waals surface area contributed by atoms with Gasteiger partial charge in [0.25, 0.3) is 0 Å². The van der Waals surface area contributed by atoms with E-state index in [1.165, 1.54) is 18.5 Å². The van der Waals surface area contributed by atoms with Gasteiger partial charge in [-0.15, -0.1) is 0 Å². The molecule has 2 N–H and O–H groups in total. The maximum Gasteiger partial charge on any atom is 0.410 e. The molecule has 0 spiro atoms. The van der Waals surface area contributed by atoms with E-state index >= 15 is 0 Å². The molecule has 5 rings (SSSR count). The molecular weight excluding hydrogens is 565 g/mol. The summed E-state index contributed by atoms with van der Waals surface area (Å²) in [4.78, 5) is 30.8. The normalized spacial score (nSPS) is 13.6. The second-order valence-corrected chi connectivity index (χ2v) is 11.6. The molecule has 2 aromatic carbocycles. The van der Waals surface area contributed by atoms with Gasteiger partial charge in [0.05, 0.1) is 21.2 Å². The van der Waals surface area contributed by atoms with Gasteiger partial charge in [0.1, 0.15) is 23.1 Å². The molecular formula is C30H29Cl2N5O4. The molecule has 1 aliphatic rings. The molecule has 0 saturated carbocycles. The van der Waals surface area contributed by atoms with Crippen molar-refractivity contribution in [3.05, 3.63) is 82.1 Å². The number of nitrogens with zero attached hydrogens (tertiary/aromatic N) is 3. The minimum Gasteiger partial charge on any atom is -0.486 e. The van der Waals surface area contributed by atoms with Crippen LogP contribution in [0.4, 0.5) is 10.5 Å². The predicted octanol–water partition coefficient (Wildman–Crippen LogP) is 7.45. The first-order chi connectivity index (χ1) is 19.4. The number of benzene rings is 2. The summed E-state index contributed by atoms with van der Waals surface area (Å²) in [5.74, 6) is 0.211. The number of H-pyrrole nitrogens is 1. The van der Waals surface area contributed by atoms with Gasteiger partial charge in [0, 0.05) is 42.0 Å². The second-order valence-electron chi connectivity index (χ2n) is 10.8. The Hall–Kier alpha value is -4.08. The van der Waals surface area contributed by atoms with Crippen molar-refractivity contribution in [3.8, 4) is 17.0 Å². The summed E-state index contributed by atoms with van der Waals surface area (Å²) in [5.41, 5.74) is 4.47. The fourth-order valence-corrected chi connectivity index (χ4v) is 5.41. The van der Waals surface area contributed by atoms with Gasteiger partial charge < -0.3 is 14.8 Å². The van der Waals surface area contributed by atoms with E-state index in [1.54, 1.807) is 4.90 Å². The van der Waals surface area contributed by atoms with E-state index in [9.17, 15) is 9.59 Å². The fourth-order valence-electron chi connectivity index (χ4n) is 4.73. The molecule has 0 bridgehead atoms. The van der Waals surface area contributed by atoms with E-state index in [4.69, 9.17) is 32.7 Å². The monoisotopic (exact) mass is 593 g/mol. The van der Waals surface area contributed by atoms with Gasteiger partial charge in [0.15, 0.2) is 0 Å². The Bertz CT molecular complexity index is 1660. The lowest BCUT2D eigenvalue weighted by molar-refractivity contribution is -0.111. The van der Waals surface area contributed by atoms with Crippen molar-refractivity contribution in [2.75, 3.05) is 5.32 Å². The fraction of sp³-hybridized carbons (Fsp3) is 0.267. The van der Waals surface area contributed by atoms with E-state index in [0.29, 0.717) is 51.4 Å². The quantitative estimate of drug-likeness (QED) is 0.225. The van der Waals surface area contributed by atoms with Gasteiger partial charge in [-0.3, -0.25) is 19.8 Å². The summed E-state index contributed by atoms with van der Waals surface area (Å²) in [6, 6.07) is 9.37. The van der Waals surface area contributed by atoms with Crippen LogP contribution in [-0.4, -0.2) is 37.7 Å². The molecule has 9 nitrogen and oxygen atoms in total. The molecule has 0 aliphatic carbocycles. The van der Waals surface area contributed by atoms with Gasteiger partial charge >= 0.3 is 6.09 Å². The molecule has 0 fully saturated rings. The third-order valence-electron chi connectivity index (χ3n) is 6.56. The lowest BCUT2D eigenvalue weighted by Gasteiger charge is -2.24. The highest BCUT2D eigenvalue weighted by atomic mass is 35.5. The third kappa shape index (κ3) is 6.01. The van der Waals surface area contributed by atoms with E-state index in [2.05, 4.69) is 27.1 Å². The summed E-state index contributed by atoms with van der Waals surface area (Å²) >= 11 is 12.7. The number of hydrogen-bond donors (Lipinski definition) is 2. The largest absolute Gasteiger partial charge is 0.486 e. The maximum atomic E-state index is 12.8. The van der Waals surface area contributed by atoms with Gasteiger partial charge in [-0.25, -0.2) is 4.79 Å². The van der Waals surface area contributed by atoms with E-state index in [0.717, 1.165) is 22.0 Å². The second kappa shape index (κ2) is 11.1. The van der Waals surface area contributed by atoms with Crippen molar-refractivity contribution >= 4 is 51.8 Å². The summed E-state index contributed by atoms with van der Waals surface area (Å²) in [6.45, 7) is 11.6. The first-order valence-corrected chi connectivity index (χ1v) is 13.7. The van der Waals surface area contributed by atoms with Crippen molar-refractivity contribution in [1.82, 2.24) is 20.1 Å². The minimum absolute atomic E-state index is 0.360. The van der Waals surface area contributed by atoms with Crippen molar-refractivity contribution in [2.45, 2.75) is 52.5 Å². The molecule has 0 saturated heterocycles. The van der Waals surface area contributed by atoms with Gasteiger partial charge in [-0.1, -0.05) is 29.8 Å². The maximum absolute atomic E-state index is 12.8. The summed E-state index contributed by atoms with van der Waals surface area (Å²) < 4.78 is 11.8. The number of fused-ring (bicyclic) bond motifs is 2. The molecule has 11 heteroatoms. The predicted molar refractivity (Wildman–Crippen MR) is 159 cm³/mol. The minimum atomic E-state index is -0.612. The number of halogens is 2. The summed E-state index contributed by atoms with van der Waals surface area (Å²) in [7, 11) is 0. The summed E-state index contributed by atoms with van der Waals surface area (Å²) in [6.07, 6.45) is 3.40. The number of pyridine rings is 1. The highest BCUT2D eigenvalue weighted by Gasteiger charge is 2.29. The van der Waals surface area contributed by atoms with E-state index < -0.39 is 17.8 Å². The van der Waals surface area contributed by atoms with Crippen LogP contribution < -0.4 is 10.1 Å². The van der Waals surface area contributed by atoms with Crippen molar-refractivity contribution in [1.29, 1.82) is 0 Å². The van der Waals surface area contributed by atoms with Crippen LogP contribution in [0.2, 0.25) is 10.0 Å². The number of aromatic amines is 1. The van der Waals surface area contributed by atoms with Crippen LogP contribution in [-0.2, 0) is 22.6 Å². The Morgan fingerprint density at radius 1 is 1.12 bits per heavy atom. The zero-order chi connectivity index (χ0) is 29.5. The van der Waals surface area contributed by atoms with Crippen LogP contribution in [0.5, 0.6) is 5.75 Å². The number of aromatic nitrogens is 3. The number of ether oxygens (including phenoxy) is 2. The molecule has 1 aliphatic heterocycles. The molecule has 4 aromatic rings. The van der Waals surface area contributed by atoms with Gasteiger partial charge in [-0.2, -0.15) is 5.10 Å². The molecule has 2 aromatic heterocycles.